The number of carbonyl (C=O) groups excluding carboxylic acids is 1. The van der Waals surface area contributed by atoms with Crippen LogP contribution in [0.15, 0.2) is 5.10 Å². The van der Waals surface area contributed by atoms with Gasteiger partial charge in [0.2, 0.25) is 0 Å². The van der Waals surface area contributed by atoms with Crippen molar-refractivity contribution in [1.29, 1.82) is 0 Å². The molecular weight excluding hydrogens is 130 g/mol. The molecule has 0 radical (unpaired) electrons. The molecule has 0 aromatic heterocycles. The van der Waals surface area contributed by atoms with Crippen LogP contribution in [-0.2, 0) is 4.79 Å². The predicted molar refractivity (Wildman–Crippen MR) is 40.9 cm³/mol. The summed E-state index contributed by atoms with van der Waals surface area (Å²) in [5.74, 6) is 0.404. The molecule has 0 atom stereocenters. The zero-order valence-corrected chi connectivity index (χ0v) is 6.59. The van der Waals surface area contributed by atoms with E-state index in [1.54, 1.807) is 19.0 Å². The number of aldehydes is 1. The van der Waals surface area contributed by atoms with Gasteiger partial charge in [0.1, 0.15) is 0 Å². The van der Waals surface area contributed by atoms with Gasteiger partial charge in [0.05, 0.1) is 0 Å². The fraction of sp³-hybridized carbons (Fsp3) is 0.667. The van der Waals surface area contributed by atoms with Crippen LogP contribution >= 0.6 is 0 Å². The van der Waals surface area contributed by atoms with Crippen molar-refractivity contribution in [2.45, 2.75) is 6.92 Å². The van der Waals surface area contributed by atoms with Gasteiger partial charge in [-0.05, 0) is 6.92 Å². The van der Waals surface area contributed by atoms with Crippen LogP contribution in [0.4, 0.5) is 0 Å². The SMILES string of the molecule is CCN/N=C(/C=O)N(C)C. The third-order valence-corrected chi connectivity index (χ3v) is 0.915. The van der Waals surface area contributed by atoms with Crippen molar-refractivity contribution in [2.24, 2.45) is 5.10 Å². The molecule has 0 aromatic carbocycles. The molecule has 0 amide bonds. The number of hydrogen-bond acceptors (Lipinski definition) is 3. The van der Waals surface area contributed by atoms with Crippen LogP contribution in [0.2, 0.25) is 0 Å². The molecule has 0 aromatic rings. The van der Waals surface area contributed by atoms with Crippen LogP contribution in [0.25, 0.3) is 0 Å². The van der Waals surface area contributed by atoms with E-state index in [4.69, 9.17) is 0 Å². The van der Waals surface area contributed by atoms with Crippen molar-refractivity contribution < 1.29 is 4.79 Å². The first kappa shape index (κ1) is 8.94. The molecule has 0 unspecified atom stereocenters. The molecule has 0 fully saturated rings. The van der Waals surface area contributed by atoms with E-state index < -0.39 is 0 Å². The lowest BCUT2D eigenvalue weighted by Crippen LogP contribution is -2.26. The summed E-state index contributed by atoms with van der Waals surface area (Å²) < 4.78 is 0. The van der Waals surface area contributed by atoms with Crippen LogP contribution in [0, 0.1) is 0 Å². The number of hydrogen-bond donors (Lipinski definition) is 1. The van der Waals surface area contributed by atoms with E-state index in [-0.39, 0.29) is 0 Å². The lowest BCUT2D eigenvalue weighted by atomic mass is 10.6. The van der Waals surface area contributed by atoms with E-state index in [9.17, 15) is 4.79 Å². The molecule has 10 heavy (non-hydrogen) atoms. The van der Waals surface area contributed by atoms with Gasteiger partial charge in [-0.25, -0.2) is 0 Å². The van der Waals surface area contributed by atoms with E-state index in [0.717, 1.165) is 6.54 Å². The largest absolute Gasteiger partial charge is 0.359 e. The maximum Gasteiger partial charge on any atom is 0.188 e. The Kier molecular flexibility index (Phi) is 4.28. The number of nitrogens with one attached hydrogen (secondary N) is 1. The molecule has 0 heterocycles. The molecule has 1 N–H and O–H groups in total. The number of likely N-dealkylation sites (N-methyl/N-ethyl adjacent to an activating group) is 1. The summed E-state index contributed by atoms with van der Waals surface area (Å²) in [6, 6.07) is 0. The molecule has 0 saturated heterocycles. The Bertz CT molecular complexity index is 131. The minimum atomic E-state index is 0.404. The summed E-state index contributed by atoms with van der Waals surface area (Å²) >= 11 is 0. The van der Waals surface area contributed by atoms with Gasteiger partial charge in [0.25, 0.3) is 0 Å². The van der Waals surface area contributed by atoms with E-state index in [0.29, 0.717) is 12.1 Å². The Morgan fingerprint density at radius 3 is 2.60 bits per heavy atom. The van der Waals surface area contributed by atoms with Gasteiger partial charge in [-0.2, -0.15) is 5.10 Å². The normalized spacial score (nSPS) is 10.9. The van der Waals surface area contributed by atoms with Crippen molar-refractivity contribution in [3.05, 3.63) is 0 Å². The summed E-state index contributed by atoms with van der Waals surface area (Å²) in [6.45, 7) is 2.65. The second-order valence-electron chi connectivity index (χ2n) is 1.99. The average Bonchev–Trinajstić information content (AvgIpc) is 1.89. The van der Waals surface area contributed by atoms with E-state index in [2.05, 4.69) is 10.5 Å². The Morgan fingerprint density at radius 1 is 1.70 bits per heavy atom. The van der Waals surface area contributed by atoms with Crippen LogP contribution in [0.3, 0.4) is 0 Å². The minimum Gasteiger partial charge on any atom is -0.359 e. The zero-order valence-electron chi connectivity index (χ0n) is 6.59. The summed E-state index contributed by atoms with van der Waals surface area (Å²) in [4.78, 5) is 11.9. The molecule has 0 rings (SSSR count). The molecule has 0 bridgehead atoms. The molecule has 0 aliphatic heterocycles. The van der Waals surface area contributed by atoms with Gasteiger partial charge in [0.15, 0.2) is 12.1 Å². The standard InChI is InChI=1S/C6H13N3O/c1-4-7-8-6(5-10)9(2)3/h5,7H,4H2,1-3H3/b8-6-. The van der Waals surface area contributed by atoms with Crippen LogP contribution in [0.1, 0.15) is 6.92 Å². The van der Waals surface area contributed by atoms with E-state index in [1.165, 1.54) is 0 Å². The van der Waals surface area contributed by atoms with Crippen molar-refractivity contribution in [3.8, 4) is 0 Å². The monoisotopic (exact) mass is 143 g/mol. The second kappa shape index (κ2) is 4.78. The summed E-state index contributed by atoms with van der Waals surface area (Å²) in [7, 11) is 3.54. The topological polar surface area (TPSA) is 44.7 Å². The first-order valence-electron chi connectivity index (χ1n) is 3.15. The lowest BCUT2D eigenvalue weighted by molar-refractivity contribution is -0.103. The Labute approximate surface area is 60.9 Å². The van der Waals surface area contributed by atoms with Gasteiger partial charge in [-0.15, -0.1) is 0 Å². The molecule has 4 heteroatoms. The number of amidine groups is 1. The fourth-order valence-corrected chi connectivity index (χ4v) is 0.392. The van der Waals surface area contributed by atoms with Crippen LogP contribution in [0.5, 0.6) is 0 Å². The van der Waals surface area contributed by atoms with E-state index in [1.807, 2.05) is 6.92 Å². The smallest absolute Gasteiger partial charge is 0.188 e. The predicted octanol–water partition coefficient (Wildman–Crippen LogP) is -0.330. The Hall–Kier alpha value is -1.06. The highest BCUT2D eigenvalue weighted by atomic mass is 16.1. The molecule has 0 spiro atoms. The van der Waals surface area contributed by atoms with Gasteiger partial charge < -0.3 is 10.3 Å². The van der Waals surface area contributed by atoms with E-state index >= 15 is 0 Å². The first-order valence-corrected chi connectivity index (χ1v) is 3.15. The molecule has 0 aliphatic rings. The highest BCUT2D eigenvalue weighted by Gasteiger charge is 1.96. The Balaban J connectivity index is 3.91. The van der Waals surface area contributed by atoms with Gasteiger partial charge in [-0.3, -0.25) is 4.79 Å². The van der Waals surface area contributed by atoms with Gasteiger partial charge in [-0.1, -0.05) is 0 Å². The lowest BCUT2D eigenvalue weighted by Gasteiger charge is -2.08. The first-order chi connectivity index (χ1) is 4.72. The minimum absolute atomic E-state index is 0.404. The summed E-state index contributed by atoms with van der Waals surface area (Å²) in [6.07, 6.45) is 0.711. The zero-order chi connectivity index (χ0) is 7.98. The van der Waals surface area contributed by atoms with Gasteiger partial charge in [0, 0.05) is 20.6 Å². The number of hydrazone groups is 1. The van der Waals surface area contributed by atoms with Crippen molar-refractivity contribution in [2.75, 3.05) is 20.6 Å². The third kappa shape index (κ3) is 3.06. The summed E-state index contributed by atoms with van der Waals surface area (Å²) in [5, 5.41) is 3.78. The molecule has 0 aliphatic carbocycles. The van der Waals surface area contributed by atoms with Crippen LogP contribution in [-0.4, -0.2) is 37.7 Å². The third-order valence-electron chi connectivity index (χ3n) is 0.915. The fourth-order valence-electron chi connectivity index (χ4n) is 0.392. The van der Waals surface area contributed by atoms with Crippen molar-refractivity contribution in [3.63, 3.8) is 0 Å². The number of carbonyl (C=O) groups is 1. The van der Waals surface area contributed by atoms with Crippen molar-refractivity contribution >= 4 is 12.1 Å². The van der Waals surface area contributed by atoms with Crippen LogP contribution < -0.4 is 5.43 Å². The number of rotatable bonds is 3. The highest BCUT2D eigenvalue weighted by Crippen LogP contribution is 1.76. The van der Waals surface area contributed by atoms with Crippen molar-refractivity contribution in [1.82, 2.24) is 10.3 Å². The molecule has 0 saturated carbocycles. The quantitative estimate of drug-likeness (QED) is 0.255. The second-order valence-corrected chi connectivity index (χ2v) is 1.99. The molecule has 58 valence electrons. The van der Waals surface area contributed by atoms with Gasteiger partial charge >= 0.3 is 0 Å². The maximum atomic E-state index is 10.2. The maximum absolute atomic E-state index is 10.2. The summed E-state index contributed by atoms with van der Waals surface area (Å²) in [5.41, 5.74) is 2.70. The average molecular weight is 143 g/mol. The highest BCUT2D eigenvalue weighted by molar-refractivity contribution is 6.26. The number of nitrogens with zero attached hydrogens (tertiary/aromatic N) is 2. The molecule has 4 nitrogen and oxygen atoms in total. The Morgan fingerprint density at radius 2 is 2.30 bits per heavy atom. The molecular formula is C6H13N3O.